The molecule has 2 fully saturated rings. The zero-order valence-corrected chi connectivity index (χ0v) is 19.5. The fraction of sp³-hybridized carbons (Fsp3) is 0.593. The van der Waals surface area contributed by atoms with E-state index < -0.39 is 5.97 Å². The van der Waals surface area contributed by atoms with Crippen molar-refractivity contribution in [1.29, 1.82) is 0 Å². The third-order valence-electron chi connectivity index (χ3n) is 7.39. The van der Waals surface area contributed by atoms with E-state index in [2.05, 4.69) is 62.9 Å². The molecule has 0 unspecified atom stereocenters. The van der Waals surface area contributed by atoms with Crippen molar-refractivity contribution in [2.75, 3.05) is 13.1 Å². The van der Waals surface area contributed by atoms with Crippen molar-refractivity contribution in [3.63, 3.8) is 0 Å². The zero-order valence-electron chi connectivity index (χ0n) is 19.5. The molecule has 4 heteroatoms. The Morgan fingerprint density at radius 3 is 2.35 bits per heavy atom. The number of rotatable bonds is 6. The molecule has 1 aliphatic heterocycles. The molecule has 0 atom stereocenters. The molecule has 1 saturated heterocycles. The van der Waals surface area contributed by atoms with Crippen LogP contribution in [0, 0.1) is 24.2 Å². The molecular weight excluding hydrogens is 386 g/mol. The average Bonchev–Trinajstić information content (AvgIpc) is 2.68. The number of aliphatic carboxylic acids is 1. The maximum absolute atomic E-state index is 11.0. The molecule has 0 aromatic heterocycles. The number of aryl methyl sites for hydroxylation is 1. The first-order valence-corrected chi connectivity index (χ1v) is 11.8. The van der Waals surface area contributed by atoms with E-state index in [1.807, 2.05) is 0 Å². The Morgan fingerprint density at radius 2 is 1.74 bits per heavy atom. The average molecular weight is 424 g/mol. The first-order chi connectivity index (χ1) is 14.7. The second-order valence-corrected chi connectivity index (χ2v) is 10.8. The summed E-state index contributed by atoms with van der Waals surface area (Å²) in [6, 6.07) is 10.8. The van der Waals surface area contributed by atoms with Crippen LogP contribution < -0.4 is 4.74 Å². The third kappa shape index (κ3) is 5.06. The van der Waals surface area contributed by atoms with Crippen molar-refractivity contribution in [3.05, 3.63) is 41.5 Å². The van der Waals surface area contributed by atoms with Gasteiger partial charge >= 0.3 is 5.97 Å². The van der Waals surface area contributed by atoms with Crippen LogP contribution in [0.3, 0.4) is 0 Å². The van der Waals surface area contributed by atoms with Crippen LogP contribution in [0.15, 0.2) is 30.3 Å². The van der Waals surface area contributed by atoms with Gasteiger partial charge in [0, 0.05) is 25.2 Å². The monoisotopic (exact) mass is 423 g/mol. The van der Waals surface area contributed by atoms with Gasteiger partial charge in [-0.05, 0) is 72.3 Å². The van der Waals surface area contributed by atoms with Gasteiger partial charge in [-0.1, -0.05) is 45.0 Å². The zero-order chi connectivity index (χ0) is 22.2. The summed E-state index contributed by atoms with van der Waals surface area (Å²) in [5.74, 6) is 1.38. The second kappa shape index (κ2) is 8.82. The summed E-state index contributed by atoms with van der Waals surface area (Å²) < 4.78 is 6.68. The van der Waals surface area contributed by atoms with Crippen LogP contribution in [0.25, 0.3) is 10.8 Å². The maximum atomic E-state index is 11.0. The molecule has 2 aromatic rings. The van der Waals surface area contributed by atoms with Gasteiger partial charge in [-0.2, -0.15) is 0 Å². The highest BCUT2D eigenvalue weighted by molar-refractivity contribution is 5.90. The predicted molar refractivity (Wildman–Crippen MR) is 126 cm³/mol. The molecule has 1 N–H and O–H groups in total. The van der Waals surface area contributed by atoms with Crippen LogP contribution in [0.1, 0.15) is 64.0 Å². The van der Waals surface area contributed by atoms with E-state index >= 15 is 0 Å². The molecule has 1 heterocycles. The van der Waals surface area contributed by atoms with Crippen LogP contribution in [0.4, 0.5) is 0 Å². The van der Waals surface area contributed by atoms with Crippen molar-refractivity contribution in [2.24, 2.45) is 17.3 Å². The molecule has 1 saturated carbocycles. The minimum atomic E-state index is -0.694. The van der Waals surface area contributed by atoms with Crippen LogP contribution in [0.2, 0.25) is 0 Å². The summed E-state index contributed by atoms with van der Waals surface area (Å²) >= 11 is 0. The van der Waals surface area contributed by atoms with Crippen LogP contribution in [-0.4, -0.2) is 35.2 Å². The predicted octanol–water partition coefficient (Wildman–Crippen LogP) is 6.04. The van der Waals surface area contributed by atoms with E-state index in [-0.39, 0.29) is 18.4 Å². The van der Waals surface area contributed by atoms with Gasteiger partial charge < -0.3 is 9.84 Å². The van der Waals surface area contributed by atoms with Gasteiger partial charge in [0.15, 0.2) is 0 Å². The second-order valence-electron chi connectivity index (χ2n) is 10.8. The van der Waals surface area contributed by atoms with Gasteiger partial charge in [-0.3, -0.25) is 9.69 Å². The smallest absolute Gasteiger partial charge is 0.303 e. The molecule has 0 amide bonds. The van der Waals surface area contributed by atoms with Crippen LogP contribution in [0.5, 0.6) is 5.75 Å². The Bertz CT molecular complexity index is 931. The van der Waals surface area contributed by atoms with Gasteiger partial charge in [0.25, 0.3) is 0 Å². The quantitative estimate of drug-likeness (QED) is 0.615. The Morgan fingerprint density at radius 1 is 1.10 bits per heavy atom. The van der Waals surface area contributed by atoms with Gasteiger partial charge in [-0.25, -0.2) is 0 Å². The molecule has 168 valence electrons. The van der Waals surface area contributed by atoms with Gasteiger partial charge in [0.2, 0.25) is 0 Å². The van der Waals surface area contributed by atoms with Crippen molar-refractivity contribution in [1.82, 2.24) is 4.90 Å². The van der Waals surface area contributed by atoms with E-state index in [4.69, 9.17) is 9.84 Å². The number of nitrogens with zero attached hydrogens (tertiary/aromatic N) is 1. The molecular formula is C27H37NO3. The topological polar surface area (TPSA) is 49.8 Å². The largest absolute Gasteiger partial charge is 0.490 e. The fourth-order valence-corrected chi connectivity index (χ4v) is 5.48. The lowest BCUT2D eigenvalue weighted by Gasteiger charge is -2.40. The number of carbonyl (C=O) groups is 1. The van der Waals surface area contributed by atoms with Crippen molar-refractivity contribution < 1.29 is 14.6 Å². The number of carboxylic acid groups (broad SMARTS) is 1. The van der Waals surface area contributed by atoms with E-state index in [1.54, 1.807) is 0 Å². The Kier molecular flexibility index (Phi) is 6.30. The summed E-state index contributed by atoms with van der Waals surface area (Å²) in [6.45, 7) is 11.8. The summed E-state index contributed by atoms with van der Waals surface area (Å²) in [7, 11) is 0. The van der Waals surface area contributed by atoms with Crippen molar-refractivity contribution >= 4 is 16.7 Å². The molecule has 2 aliphatic rings. The van der Waals surface area contributed by atoms with E-state index in [9.17, 15) is 4.79 Å². The molecule has 4 rings (SSSR count). The number of benzene rings is 2. The first kappa shape index (κ1) is 22.1. The molecule has 1 aliphatic carbocycles. The van der Waals surface area contributed by atoms with Crippen LogP contribution >= 0.6 is 0 Å². The van der Waals surface area contributed by atoms with E-state index in [0.29, 0.717) is 5.41 Å². The minimum Gasteiger partial charge on any atom is -0.490 e. The normalized spacial score (nSPS) is 23.0. The number of hydrogen-bond acceptors (Lipinski definition) is 3. The SMILES string of the molecule is Cc1cc(OC2CCC(C(C)(C)C)CC2)c(CN2CC(CC(=O)O)C2)c2ccccc12. The van der Waals surface area contributed by atoms with E-state index in [0.717, 1.165) is 44.1 Å². The Hall–Kier alpha value is -2.07. The summed E-state index contributed by atoms with van der Waals surface area (Å²) in [5, 5.41) is 11.6. The fourth-order valence-electron chi connectivity index (χ4n) is 5.48. The van der Waals surface area contributed by atoms with Gasteiger partial charge in [0.05, 0.1) is 12.5 Å². The number of hydrogen-bond donors (Lipinski definition) is 1. The van der Waals surface area contributed by atoms with Gasteiger partial charge in [0.1, 0.15) is 5.75 Å². The number of fused-ring (bicyclic) bond motifs is 1. The van der Waals surface area contributed by atoms with Crippen molar-refractivity contribution in [2.45, 2.75) is 72.4 Å². The minimum absolute atomic E-state index is 0.269. The summed E-state index contributed by atoms with van der Waals surface area (Å²) in [4.78, 5) is 13.4. The van der Waals surface area contributed by atoms with Crippen molar-refractivity contribution in [3.8, 4) is 5.75 Å². The summed E-state index contributed by atoms with van der Waals surface area (Å²) in [6.07, 6.45) is 5.27. The first-order valence-electron chi connectivity index (χ1n) is 11.8. The lowest BCUT2D eigenvalue weighted by Crippen LogP contribution is -2.46. The van der Waals surface area contributed by atoms with Gasteiger partial charge in [-0.15, -0.1) is 0 Å². The Labute approximate surface area is 186 Å². The third-order valence-corrected chi connectivity index (χ3v) is 7.39. The molecule has 31 heavy (non-hydrogen) atoms. The molecule has 0 spiro atoms. The van der Waals surface area contributed by atoms with E-state index in [1.165, 1.54) is 34.7 Å². The number of likely N-dealkylation sites (tertiary alicyclic amines) is 1. The molecule has 4 nitrogen and oxygen atoms in total. The molecule has 0 bridgehead atoms. The molecule has 0 radical (unpaired) electrons. The number of ether oxygens (including phenoxy) is 1. The highest BCUT2D eigenvalue weighted by Crippen LogP contribution is 2.40. The molecule has 2 aromatic carbocycles. The Balaban J connectivity index is 1.53. The standard InChI is InChI=1S/C27H37NO3/c1-18-13-25(31-21-11-9-20(10-12-21)27(2,3)4)24(23-8-6-5-7-22(18)23)17-28-15-19(16-28)14-26(29)30/h5-8,13,19-21H,9-12,14-17H2,1-4H3,(H,29,30). The lowest BCUT2D eigenvalue weighted by atomic mass is 9.72. The maximum Gasteiger partial charge on any atom is 0.303 e. The summed E-state index contributed by atoms with van der Waals surface area (Å²) in [5.41, 5.74) is 2.89. The number of carboxylic acids is 1. The van der Waals surface area contributed by atoms with Crippen LogP contribution in [-0.2, 0) is 11.3 Å². The highest BCUT2D eigenvalue weighted by atomic mass is 16.5. The lowest BCUT2D eigenvalue weighted by molar-refractivity contribution is -0.139. The highest BCUT2D eigenvalue weighted by Gasteiger charge is 2.32.